The van der Waals surface area contributed by atoms with E-state index < -0.39 is 40.3 Å². The summed E-state index contributed by atoms with van der Waals surface area (Å²) in [6.45, 7) is 2.59. The molecule has 0 fully saturated rings. The number of likely N-dealkylation sites (N-methyl/N-ethyl adjacent to an activating group) is 1. The zero-order chi connectivity index (χ0) is 32.3. The fourth-order valence-corrected chi connectivity index (χ4v) is 4.61. The first kappa shape index (κ1) is 33.2. The third-order valence-corrected chi connectivity index (χ3v) is 7.41. The molecule has 0 aliphatic heterocycles. The minimum atomic E-state index is -3.99. The average Bonchev–Trinajstić information content (AvgIpc) is 3.43. The molecule has 0 spiro atoms. The van der Waals surface area contributed by atoms with Gasteiger partial charge in [-0.2, -0.15) is 9.41 Å². The maximum atomic E-state index is 12.7. The Bertz CT molecular complexity index is 1650. The zero-order valence-electron chi connectivity index (χ0n) is 23.9. The topological polar surface area (TPSA) is 206 Å². The van der Waals surface area contributed by atoms with E-state index in [0.29, 0.717) is 16.9 Å². The number of ether oxygens (including phenoxy) is 1. The molecule has 0 unspecified atom stereocenters. The SMILES string of the molecule is CCOC(=O)c1ccc(NC(=O)C(=O)NCc2ccc(/C=N\NC(=O)CN(C)S(=O)(=O)c3ccc(NC(C)=O)cc3)o2)cc1. The van der Waals surface area contributed by atoms with Gasteiger partial charge in [0.1, 0.15) is 11.5 Å². The molecule has 4 N–H and O–H groups in total. The van der Waals surface area contributed by atoms with Crippen LogP contribution in [0.15, 0.2) is 75.1 Å². The number of carbonyl (C=O) groups excluding carboxylic acids is 5. The predicted octanol–water partition coefficient (Wildman–Crippen LogP) is 1.44. The van der Waals surface area contributed by atoms with Crippen molar-refractivity contribution in [3.05, 3.63) is 77.7 Å². The second-order valence-corrected chi connectivity index (χ2v) is 11.0. The molecule has 1 heterocycles. The summed E-state index contributed by atoms with van der Waals surface area (Å²) in [7, 11) is -2.76. The molecular formula is C28H30N6O9S. The molecule has 0 atom stereocenters. The van der Waals surface area contributed by atoms with E-state index in [9.17, 15) is 32.4 Å². The molecule has 232 valence electrons. The molecule has 2 aromatic carbocycles. The van der Waals surface area contributed by atoms with Gasteiger partial charge in [0.05, 0.1) is 36.4 Å². The molecule has 0 saturated heterocycles. The van der Waals surface area contributed by atoms with E-state index in [1.54, 1.807) is 6.92 Å². The first-order chi connectivity index (χ1) is 20.9. The zero-order valence-corrected chi connectivity index (χ0v) is 24.8. The van der Waals surface area contributed by atoms with Crippen LogP contribution in [-0.2, 0) is 40.5 Å². The van der Waals surface area contributed by atoms with Crippen molar-refractivity contribution in [3.8, 4) is 0 Å². The predicted molar refractivity (Wildman–Crippen MR) is 158 cm³/mol. The van der Waals surface area contributed by atoms with E-state index >= 15 is 0 Å². The fraction of sp³-hybridized carbons (Fsp3) is 0.214. The molecule has 3 rings (SSSR count). The van der Waals surface area contributed by atoms with Gasteiger partial charge >= 0.3 is 17.8 Å². The first-order valence-corrected chi connectivity index (χ1v) is 14.4. The Morgan fingerprint density at radius 2 is 1.55 bits per heavy atom. The number of benzene rings is 2. The van der Waals surface area contributed by atoms with Crippen molar-refractivity contribution >= 4 is 57.2 Å². The second-order valence-electron chi connectivity index (χ2n) is 9.00. The van der Waals surface area contributed by atoms with Crippen LogP contribution < -0.4 is 21.4 Å². The summed E-state index contributed by atoms with van der Waals surface area (Å²) in [5.74, 6) is -2.89. The number of furan rings is 1. The largest absolute Gasteiger partial charge is 0.462 e. The molecule has 0 radical (unpaired) electrons. The standard InChI is InChI=1S/C28H30N6O9S/c1-4-42-28(39)19-5-7-21(8-6-19)32-27(38)26(37)29-15-22-11-12-23(43-22)16-30-33-25(36)17-34(3)44(40,41)24-13-9-20(10-14-24)31-18(2)35/h5-14,16H,4,15,17H2,1-3H3,(H,29,37)(H,31,35)(H,32,38)(H,33,36)/b30-16-. The molecule has 15 nitrogen and oxygen atoms in total. The van der Waals surface area contributed by atoms with Crippen LogP contribution in [0.5, 0.6) is 0 Å². The molecule has 4 amide bonds. The molecule has 0 bridgehead atoms. The second kappa shape index (κ2) is 15.2. The van der Waals surface area contributed by atoms with Crippen molar-refractivity contribution in [2.45, 2.75) is 25.3 Å². The Balaban J connectivity index is 1.44. The number of nitrogens with one attached hydrogen (secondary N) is 4. The van der Waals surface area contributed by atoms with Gasteiger partial charge in [-0.05, 0) is 67.6 Å². The smallest absolute Gasteiger partial charge is 0.338 e. The van der Waals surface area contributed by atoms with E-state index in [2.05, 4.69) is 26.5 Å². The Morgan fingerprint density at radius 1 is 0.909 bits per heavy atom. The van der Waals surface area contributed by atoms with Crippen molar-refractivity contribution in [3.63, 3.8) is 0 Å². The number of amides is 4. The van der Waals surface area contributed by atoms with Crippen LogP contribution in [0.3, 0.4) is 0 Å². The highest BCUT2D eigenvalue weighted by molar-refractivity contribution is 7.89. The number of rotatable bonds is 12. The minimum Gasteiger partial charge on any atom is -0.462 e. The monoisotopic (exact) mass is 626 g/mol. The number of carbonyl (C=O) groups is 5. The lowest BCUT2D eigenvalue weighted by Gasteiger charge is -2.16. The molecule has 0 saturated carbocycles. The number of hydrogen-bond acceptors (Lipinski definition) is 10. The van der Waals surface area contributed by atoms with Gasteiger partial charge < -0.3 is 25.1 Å². The molecule has 3 aromatic rings. The molecule has 0 aliphatic carbocycles. The highest BCUT2D eigenvalue weighted by atomic mass is 32.2. The van der Waals surface area contributed by atoms with Crippen LogP contribution >= 0.6 is 0 Å². The lowest BCUT2D eigenvalue weighted by Crippen LogP contribution is -2.36. The van der Waals surface area contributed by atoms with Crippen LogP contribution in [0.4, 0.5) is 11.4 Å². The van der Waals surface area contributed by atoms with E-state index in [0.717, 1.165) is 4.31 Å². The third kappa shape index (κ3) is 9.60. The van der Waals surface area contributed by atoms with Gasteiger partial charge in [0.15, 0.2) is 0 Å². The molecule has 0 aliphatic rings. The van der Waals surface area contributed by atoms with Crippen LogP contribution in [0, 0.1) is 0 Å². The number of sulfonamides is 1. The van der Waals surface area contributed by atoms with Crippen molar-refractivity contribution in [2.24, 2.45) is 5.10 Å². The summed E-state index contributed by atoms with van der Waals surface area (Å²) in [5, 5.41) is 11.1. The Labute approximate surface area is 252 Å². The summed E-state index contributed by atoms with van der Waals surface area (Å²) in [6, 6.07) is 14.3. The van der Waals surface area contributed by atoms with E-state index in [4.69, 9.17) is 9.15 Å². The van der Waals surface area contributed by atoms with Crippen LogP contribution in [0.2, 0.25) is 0 Å². The van der Waals surface area contributed by atoms with Crippen molar-refractivity contribution in [1.82, 2.24) is 15.0 Å². The highest BCUT2D eigenvalue weighted by Crippen LogP contribution is 2.17. The van der Waals surface area contributed by atoms with Gasteiger partial charge in [0.2, 0.25) is 15.9 Å². The van der Waals surface area contributed by atoms with Crippen molar-refractivity contribution in [2.75, 3.05) is 30.8 Å². The number of anilines is 2. The van der Waals surface area contributed by atoms with Crippen molar-refractivity contribution in [1.29, 1.82) is 0 Å². The third-order valence-electron chi connectivity index (χ3n) is 5.60. The number of nitrogens with zero attached hydrogens (tertiary/aromatic N) is 2. The van der Waals surface area contributed by atoms with Crippen LogP contribution in [0.1, 0.15) is 35.7 Å². The Morgan fingerprint density at radius 3 is 2.18 bits per heavy atom. The summed E-state index contributed by atoms with van der Waals surface area (Å²) in [4.78, 5) is 59.3. The average molecular weight is 627 g/mol. The fourth-order valence-electron chi connectivity index (χ4n) is 3.48. The van der Waals surface area contributed by atoms with Crippen LogP contribution in [0.25, 0.3) is 0 Å². The van der Waals surface area contributed by atoms with E-state index in [1.165, 1.54) is 80.8 Å². The Kier molecular flexibility index (Phi) is 11.5. The minimum absolute atomic E-state index is 0.0669. The van der Waals surface area contributed by atoms with Gasteiger partial charge in [0, 0.05) is 25.3 Å². The summed E-state index contributed by atoms with van der Waals surface area (Å²) in [5.41, 5.74) is 3.23. The number of esters is 1. The van der Waals surface area contributed by atoms with E-state index in [1.807, 2.05) is 0 Å². The summed E-state index contributed by atoms with van der Waals surface area (Å²) < 4.78 is 36.7. The molecule has 44 heavy (non-hydrogen) atoms. The highest BCUT2D eigenvalue weighted by Gasteiger charge is 2.23. The van der Waals surface area contributed by atoms with Gasteiger partial charge in [0.25, 0.3) is 5.91 Å². The van der Waals surface area contributed by atoms with Gasteiger partial charge in [-0.1, -0.05) is 0 Å². The van der Waals surface area contributed by atoms with Gasteiger partial charge in [-0.25, -0.2) is 18.6 Å². The molecular weight excluding hydrogens is 596 g/mol. The molecule has 1 aromatic heterocycles. The first-order valence-electron chi connectivity index (χ1n) is 13.0. The van der Waals surface area contributed by atoms with Gasteiger partial charge in [-0.3, -0.25) is 19.2 Å². The summed E-state index contributed by atoms with van der Waals surface area (Å²) >= 11 is 0. The maximum Gasteiger partial charge on any atom is 0.338 e. The maximum absolute atomic E-state index is 12.7. The van der Waals surface area contributed by atoms with Gasteiger partial charge in [-0.15, -0.1) is 0 Å². The normalized spacial score (nSPS) is 11.2. The van der Waals surface area contributed by atoms with Crippen molar-refractivity contribution < 1.29 is 41.5 Å². The lowest BCUT2D eigenvalue weighted by molar-refractivity contribution is -0.136. The Hall–Kier alpha value is -5.35. The number of hydrazone groups is 1. The van der Waals surface area contributed by atoms with E-state index in [-0.39, 0.29) is 35.5 Å². The lowest BCUT2D eigenvalue weighted by atomic mass is 10.2. The quantitative estimate of drug-likeness (QED) is 0.0992. The molecule has 16 heteroatoms. The number of hydrogen-bond donors (Lipinski definition) is 4. The van der Waals surface area contributed by atoms with Crippen LogP contribution in [-0.4, -0.2) is 68.7 Å². The summed E-state index contributed by atoms with van der Waals surface area (Å²) in [6.07, 6.45) is 1.17.